The summed E-state index contributed by atoms with van der Waals surface area (Å²) in [6.45, 7) is 2.03. The number of ether oxygens (including phenoxy) is 1. The fourth-order valence-corrected chi connectivity index (χ4v) is 2.99. The zero-order chi connectivity index (χ0) is 18.1. The Balaban J connectivity index is 1.90. The average molecular weight is 351 g/mol. The molecule has 0 radical (unpaired) electrons. The number of carbonyl (C=O) groups excluding carboxylic acids is 2. The molecule has 8 heteroatoms. The van der Waals surface area contributed by atoms with E-state index in [1.807, 2.05) is 30.3 Å². The van der Waals surface area contributed by atoms with E-state index in [0.29, 0.717) is 37.7 Å². The number of carbonyl (C=O) groups is 2. The maximum Gasteiger partial charge on any atom is 0.271 e. The SMILES string of the molecule is NC(=O)c1ncn2c(C(=O)N3CCOCC3)cc(-c3ccccc3)nc12. The molecule has 3 aromatic rings. The number of hydrogen-bond donors (Lipinski definition) is 1. The molecule has 4 rings (SSSR count). The van der Waals surface area contributed by atoms with E-state index in [1.165, 1.54) is 10.7 Å². The average Bonchev–Trinajstić information content (AvgIpc) is 3.12. The third-order valence-electron chi connectivity index (χ3n) is 4.32. The minimum atomic E-state index is -0.685. The second-order valence-corrected chi connectivity index (χ2v) is 5.95. The van der Waals surface area contributed by atoms with Crippen molar-refractivity contribution in [1.82, 2.24) is 19.3 Å². The first kappa shape index (κ1) is 16.2. The van der Waals surface area contributed by atoms with Gasteiger partial charge in [0.15, 0.2) is 11.3 Å². The molecule has 8 nitrogen and oxygen atoms in total. The van der Waals surface area contributed by atoms with Gasteiger partial charge in [-0.15, -0.1) is 0 Å². The highest BCUT2D eigenvalue weighted by atomic mass is 16.5. The molecule has 1 fully saturated rings. The lowest BCUT2D eigenvalue weighted by molar-refractivity contribution is 0.0298. The minimum Gasteiger partial charge on any atom is -0.378 e. The van der Waals surface area contributed by atoms with E-state index in [1.54, 1.807) is 11.0 Å². The highest BCUT2D eigenvalue weighted by molar-refractivity contribution is 5.99. The minimum absolute atomic E-state index is 0.0406. The van der Waals surface area contributed by atoms with Crippen LogP contribution in [0, 0.1) is 0 Å². The molecule has 0 aliphatic carbocycles. The molecular formula is C18H17N5O3. The van der Waals surface area contributed by atoms with Crippen LogP contribution >= 0.6 is 0 Å². The van der Waals surface area contributed by atoms with Crippen LogP contribution in [0.4, 0.5) is 0 Å². The van der Waals surface area contributed by atoms with Gasteiger partial charge in [0.2, 0.25) is 0 Å². The Labute approximate surface area is 149 Å². The lowest BCUT2D eigenvalue weighted by atomic mass is 10.1. The molecular weight excluding hydrogens is 334 g/mol. The topological polar surface area (TPSA) is 103 Å². The first-order chi connectivity index (χ1) is 12.6. The molecule has 0 atom stereocenters. The summed E-state index contributed by atoms with van der Waals surface area (Å²) in [6, 6.07) is 11.2. The maximum absolute atomic E-state index is 13.1. The van der Waals surface area contributed by atoms with Gasteiger partial charge in [-0.1, -0.05) is 30.3 Å². The van der Waals surface area contributed by atoms with E-state index >= 15 is 0 Å². The Hall–Kier alpha value is -3.26. The van der Waals surface area contributed by atoms with Crippen molar-refractivity contribution in [3.63, 3.8) is 0 Å². The molecule has 3 heterocycles. The van der Waals surface area contributed by atoms with Crippen molar-refractivity contribution in [1.29, 1.82) is 0 Å². The van der Waals surface area contributed by atoms with Gasteiger partial charge in [-0.3, -0.25) is 14.0 Å². The van der Waals surface area contributed by atoms with Crippen molar-refractivity contribution >= 4 is 17.5 Å². The van der Waals surface area contributed by atoms with E-state index in [9.17, 15) is 9.59 Å². The van der Waals surface area contributed by atoms with Gasteiger partial charge in [0.1, 0.15) is 12.0 Å². The van der Waals surface area contributed by atoms with E-state index in [0.717, 1.165) is 5.56 Å². The third kappa shape index (κ3) is 2.80. The van der Waals surface area contributed by atoms with Gasteiger partial charge in [0, 0.05) is 18.7 Å². The summed E-state index contributed by atoms with van der Waals surface area (Å²) in [4.78, 5) is 35.0. The molecule has 2 amide bonds. The van der Waals surface area contributed by atoms with Crippen molar-refractivity contribution in [2.24, 2.45) is 5.73 Å². The maximum atomic E-state index is 13.1. The van der Waals surface area contributed by atoms with Crippen molar-refractivity contribution < 1.29 is 14.3 Å². The quantitative estimate of drug-likeness (QED) is 0.757. The van der Waals surface area contributed by atoms with E-state index < -0.39 is 5.91 Å². The molecule has 0 bridgehead atoms. The van der Waals surface area contributed by atoms with Gasteiger partial charge in [-0.05, 0) is 6.07 Å². The van der Waals surface area contributed by atoms with E-state index in [-0.39, 0.29) is 17.2 Å². The van der Waals surface area contributed by atoms with Crippen LogP contribution in [-0.4, -0.2) is 57.4 Å². The van der Waals surface area contributed by atoms with Gasteiger partial charge < -0.3 is 15.4 Å². The Morgan fingerprint density at radius 3 is 2.54 bits per heavy atom. The number of aromatic nitrogens is 3. The van der Waals surface area contributed by atoms with Crippen molar-refractivity contribution in [2.45, 2.75) is 0 Å². The van der Waals surface area contributed by atoms with Gasteiger partial charge in [0.25, 0.3) is 11.8 Å². The van der Waals surface area contributed by atoms with E-state index in [2.05, 4.69) is 9.97 Å². The van der Waals surface area contributed by atoms with Crippen LogP contribution in [0.5, 0.6) is 0 Å². The Morgan fingerprint density at radius 2 is 1.85 bits per heavy atom. The van der Waals surface area contributed by atoms with Crippen LogP contribution in [0.15, 0.2) is 42.7 Å². The highest BCUT2D eigenvalue weighted by Crippen LogP contribution is 2.22. The number of imidazole rings is 1. The zero-order valence-corrected chi connectivity index (χ0v) is 14.0. The first-order valence-corrected chi connectivity index (χ1v) is 8.25. The summed E-state index contributed by atoms with van der Waals surface area (Å²) in [5.41, 5.74) is 7.53. The number of nitrogens with two attached hydrogens (primary N) is 1. The highest BCUT2D eigenvalue weighted by Gasteiger charge is 2.24. The molecule has 1 saturated heterocycles. The lowest BCUT2D eigenvalue weighted by Gasteiger charge is -2.27. The largest absolute Gasteiger partial charge is 0.378 e. The second-order valence-electron chi connectivity index (χ2n) is 5.95. The van der Waals surface area contributed by atoms with Crippen molar-refractivity contribution in [2.75, 3.05) is 26.3 Å². The van der Waals surface area contributed by atoms with Gasteiger partial charge in [0.05, 0.1) is 18.9 Å². The molecule has 0 unspecified atom stereocenters. The number of morpholine rings is 1. The summed E-state index contributed by atoms with van der Waals surface area (Å²) in [5, 5.41) is 0. The summed E-state index contributed by atoms with van der Waals surface area (Å²) in [5.74, 6) is -0.846. The van der Waals surface area contributed by atoms with Gasteiger partial charge >= 0.3 is 0 Å². The Morgan fingerprint density at radius 1 is 1.12 bits per heavy atom. The van der Waals surface area contributed by atoms with Crippen LogP contribution < -0.4 is 5.73 Å². The predicted octanol–water partition coefficient (Wildman–Crippen LogP) is 0.968. The summed E-state index contributed by atoms with van der Waals surface area (Å²) < 4.78 is 6.83. The van der Waals surface area contributed by atoms with Crippen LogP contribution in [0.3, 0.4) is 0 Å². The summed E-state index contributed by atoms with van der Waals surface area (Å²) in [7, 11) is 0. The first-order valence-electron chi connectivity index (χ1n) is 8.25. The Bertz CT molecular complexity index is 977. The fourth-order valence-electron chi connectivity index (χ4n) is 2.99. The van der Waals surface area contributed by atoms with Crippen LogP contribution in [0.1, 0.15) is 21.0 Å². The zero-order valence-electron chi connectivity index (χ0n) is 14.0. The number of nitrogens with zero attached hydrogens (tertiary/aromatic N) is 4. The van der Waals surface area contributed by atoms with Crippen molar-refractivity contribution in [3.8, 4) is 11.3 Å². The lowest BCUT2D eigenvalue weighted by Crippen LogP contribution is -2.41. The second kappa shape index (κ2) is 6.57. The molecule has 26 heavy (non-hydrogen) atoms. The Kier molecular flexibility index (Phi) is 4.10. The van der Waals surface area contributed by atoms with Gasteiger partial charge in [-0.25, -0.2) is 9.97 Å². The molecule has 0 spiro atoms. The fraction of sp³-hybridized carbons (Fsp3) is 0.222. The third-order valence-corrected chi connectivity index (χ3v) is 4.32. The van der Waals surface area contributed by atoms with Crippen LogP contribution in [0.25, 0.3) is 16.9 Å². The molecule has 1 aliphatic heterocycles. The number of fused-ring (bicyclic) bond motifs is 1. The van der Waals surface area contributed by atoms with Crippen LogP contribution in [-0.2, 0) is 4.74 Å². The number of rotatable bonds is 3. The number of amides is 2. The van der Waals surface area contributed by atoms with Crippen molar-refractivity contribution in [3.05, 3.63) is 54.1 Å². The molecule has 132 valence electrons. The molecule has 2 N–H and O–H groups in total. The van der Waals surface area contributed by atoms with Gasteiger partial charge in [-0.2, -0.15) is 0 Å². The summed E-state index contributed by atoms with van der Waals surface area (Å²) >= 11 is 0. The smallest absolute Gasteiger partial charge is 0.271 e. The molecule has 1 aromatic carbocycles. The molecule has 1 aliphatic rings. The standard InChI is InChI=1S/C18H17N5O3/c19-16(24)15-17-21-13(12-4-2-1-3-5-12)10-14(23(17)11-20-15)18(25)22-6-8-26-9-7-22/h1-5,10-11H,6-9H2,(H2,19,24). The van der Waals surface area contributed by atoms with E-state index in [4.69, 9.17) is 10.5 Å². The number of primary amides is 1. The van der Waals surface area contributed by atoms with Crippen LogP contribution in [0.2, 0.25) is 0 Å². The monoisotopic (exact) mass is 351 g/mol. The summed E-state index contributed by atoms with van der Waals surface area (Å²) in [6.07, 6.45) is 1.41. The number of hydrogen-bond acceptors (Lipinski definition) is 5. The predicted molar refractivity (Wildman–Crippen MR) is 93.7 cm³/mol. The molecule has 2 aromatic heterocycles. The number of benzene rings is 1. The normalized spacial score (nSPS) is 14.5. The molecule has 0 saturated carbocycles.